The quantitative estimate of drug-likeness (QED) is 0.881. The predicted octanol–water partition coefficient (Wildman–Crippen LogP) is 2.42. The first-order valence-corrected chi connectivity index (χ1v) is 7.36. The highest BCUT2D eigenvalue weighted by Gasteiger charge is 2.39. The molecular formula is C18H18N2O2. The number of hydrogen-bond acceptors (Lipinski definition) is 3. The van der Waals surface area contributed by atoms with Crippen LogP contribution in [-0.2, 0) is 16.1 Å². The molecule has 2 aromatic rings. The van der Waals surface area contributed by atoms with E-state index in [1.807, 2.05) is 49.4 Å². The van der Waals surface area contributed by atoms with Gasteiger partial charge in [-0.3, -0.25) is 9.59 Å². The Morgan fingerprint density at radius 3 is 2.45 bits per heavy atom. The summed E-state index contributed by atoms with van der Waals surface area (Å²) in [5, 5.41) is 3.21. The molecule has 2 aromatic carbocycles. The third kappa shape index (κ3) is 2.78. The second-order valence-electron chi connectivity index (χ2n) is 5.47. The molecule has 4 heteroatoms. The lowest BCUT2D eigenvalue weighted by Crippen LogP contribution is -2.38. The van der Waals surface area contributed by atoms with Gasteiger partial charge in [-0.25, -0.2) is 4.90 Å². The monoisotopic (exact) mass is 294 g/mol. The number of anilines is 1. The van der Waals surface area contributed by atoms with Gasteiger partial charge in [0.05, 0.1) is 18.2 Å². The van der Waals surface area contributed by atoms with Gasteiger partial charge < -0.3 is 5.32 Å². The molecule has 2 amide bonds. The van der Waals surface area contributed by atoms with Crippen LogP contribution in [0.1, 0.15) is 17.5 Å². The molecule has 3 rings (SSSR count). The van der Waals surface area contributed by atoms with Crippen LogP contribution in [0.15, 0.2) is 54.6 Å². The van der Waals surface area contributed by atoms with Crippen LogP contribution in [0.5, 0.6) is 0 Å². The van der Waals surface area contributed by atoms with Gasteiger partial charge >= 0.3 is 0 Å². The Morgan fingerprint density at radius 1 is 1.05 bits per heavy atom. The number of nitrogens with zero attached hydrogens (tertiary/aromatic N) is 1. The van der Waals surface area contributed by atoms with E-state index < -0.39 is 6.04 Å². The Morgan fingerprint density at radius 2 is 1.73 bits per heavy atom. The molecule has 1 N–H and O–H groups in total. The molecule has 0 spiro atoms. The minimum absolute atomic E-state index is 0.154. The summed E-state index contributed by atoms with van der Waals surface area (Å²) in [4.78, 5) is 25.9. The molecule has 0 aliphatic carbocycles. The van der Waals surface area contributed by atoms with Crippen LogP contribution in [0.3, 0.4) is 0 Å². The Balaban J connectivity index is 1.71. The first-order chi connectivity index (χ1) is 10.7. The molecule has 1 fully saturated rings. The molecule has 0 radical (unpaired) electrons. The maximum absolute atomic E-state index is 12.5. The SMILES string of the molecule is Cc1ccccc1CNC1CC(=O)N(c2ccccc2)C1=O. The first-order valence-electron chi connectivity index (χ1n) is 7.36. The molecule has 0 bridgehead atoms. The van der Waals surface area contributed by atoms with E-state index >= 15 is 0 Å². The molecule has 1 aliphatic heterocycles. The topological polar surface area (TPSA) is 49.4 Å². The largest absolute Gasteiger partial charge is 0.301 e. The lowest BCUT2D eigenvalue weighted by atomic mass is 10.1. The maximum atomic E-state index is 12.5. The molecule has 1 atom stereocenters. The highest BCUT2D eigenvalue weighted by Crippen LogP contribution is 2.22. The highest BCUT2D eigenvalue weighted by molar-refractivity contribution is 6.22. The molecule has 1 unspecified atom stereocenters. The number of amides is 2. The van der Waals surface area contributed by atoms with Crippen LogP contribution in [0, 0.1) is 6.92 Å². The normalized spacial score (nSPS) is 18.0. The predicted molar refractivity (Wildman–Crippen MR) is 85.4 cm³/mol. The summed E-state index contributed by atoms with van der Waals surface area (Å²) >= 11 is 0. The lowest BCUT2D eigenvalue weighted by Gasteiger charge is -2.15. The van der Waals surface area contributed by atoms with Gasteiger partial charge in [-0.05, 0) is 30.2 Å². The molecule has 0 saturated carbocycles. The number of benzene rings is 2. The Bertz CT molecular complexity index is 697. The number of hydrogen-bond donors (Lipinski definition) is 1. The van der Waals surface area contributed by atoms with Crippen LogP contribution in [0.4, 0.5) is 5.69 Å². The van der Waals surface area contributed by atoms with Crippen molar-refractivity contribution in [2.45, 2.75) is 25.9 Å². The molecule has 4 nitrogen and oxygen atoms in total. The van der Waals surface area contributed by atoms with Crippen molar-refractivity contribution in [3.8, 4) is 0 Å². The van der Waals surface area contributed by atoms with Crippen LogP contribution in [0.25, 0.3) is 0 Å². The fourth-order valence-electron chi connectivity index (χ4n) is 2.68. The van der Waals surface area contributed by atoms with Gasteiger partial charge in [0.25, 0.3) is 5.91 Å². The van der Waals surface area contributed by atoms with Crippen molar-refractivity contribution in [2.75, 3.05) is 4.90 Å². The summed E-state index contributed by atoms with van der Waals surface area (Å²) < 4.78 is 0. The third-order valence-corrected chi connectivity index (χ3v) is 3.96. The van der Waals surface area contributed by atoms with E-state index in [1.54, 1.807) is 12.1 Å². The van der Waals surface area contributed by atoms with Crippen LogP contribution in [0.2, 0.25) is 0 Å². The number of aryl methyl sites for hydroxylation is 1. The second-order valence-corrected chi connectivity index (χ2v) is 5.47. The van der Waals surface area contributed by atoms with Crippen LogP contribution in [-0.4, -0.2) is 17.9 Å². The Hall–Kier alpha value is -2.46. The number of rotatable bonds is 4. The van der Waals surface area contributed by atoms with Crippen LogP contribution < -0.4 is 10.2 Å². The van der Waals surface area contributed by atoms with Gasteiger partial charge in [0.1, 0.15) is 0 Å². The van der Waals surface area contributed by atoms with Crippen molar-refractivity contribution < 1.29 is 9.59 Å². The second kappa shape index (κ2) is 6.12. The molecule has 1 saturated heterocycles. The fraction of sp³-hybridized carbons (Fsp3) is 0.222. The van der Waals surface area contributed by atoms with E-state index in [9.17, 15) is 9.59 Å². The number of para-hydroxylation sites is 1. The highest BCUT2D eigenvalue weighted by atomic mass is 16.2. The van der Waals surface area contributed by atoms with Gasteiger partial charge in [-0.2, -0.15) is 0 Å². The van der Waals surface area contributed by atoms with E-state index in [2.05, 4.69) is 5.32 Å². The average Bonchev–Trinajstić information content (AvgIpc) is 2.81. The third-order valence-electron chi connectivity index (χ3n) is 3.96. The zero-order valence-electron chi connectivity index (χ0n) is 12.5. The van der Waals surface area contributed by atoms with E-state index in [1.165, 1.54) is 10.5 Å². The first kappa shape index (κ1) is 14.5. The van der Waals surface area contributed by atoms with E-state index in [0.29, 0.717) is 12.2 Å². The van der Waals surface area contributed by atoms with Crippen molar-refractivity contribution >= 4 is 17.5 Å². The molecular weight excluding hydrogens is 276 g/mol. The molecule has 1 aliphatic rings. The minimum Gasteiger partial charge on any atom is -0.301 e. The minimum atomic E-state index is -0.452. The van der Waals surface area contributed by atoms with E-state index in [4.69, 9.17) is 0 Å². The maximum Gasteiger partial charge on any atom is 0.251 e. The summed E-state index contributed by atoms with van der Waals surface area (Å²) in [6, 6.07) is 16.6. The van der Waals surface area contributed by atoms with Crippen molar-refractivity contribution in [3.05, 3.63) is 65.7 Å². The van der Waals surface area contributed by atoms with Gasteiger partial charge in [0.15, 0.2) is 0 Å². The standard InChI is InChI=1S/C18H18N2O2/c1-13-7-5-6-8-14(13)12-19-16-11-17(21)20(18(16)22)15-9-3-2-4-10-15/h2-10,16,19H,11-12H2,1H3. The van der Waals surface area contributed by atoms with Gasteiger partial charge in [-0.15, -0.1) is 0 Å². The molecule has 0 aromatic heterocycles. The molecule has 112 valence electrons. The Kier molecular flexibility index (Phi) is 4.02. The average molecular weight is 294 g/mol. The number of carbonyl (C=O) groups excluding carboxylic acids is 2. The van der Waals surface area contributed by atoms with Gasteiger partial charge in [0.2, 0.25) is 5.91 Å². The van der Waals surface area contributed by atoms with Gasteiger partial charge in [-0.1, -0.05) is 42.5 Å². The van der Waals surface area contributed by atoms with Crippen molar-refractivity contribution in [1.82, 2.24) is 5.32 Å². The number of nitrogens with one attached hydrogen (secondary N) is 1. The zero-order valence-corrected chi connectivity index (χ0v) is 12.5. The van der Waals surface area contributed by atoms with Crippen LogP contribution >= 0.6 is 0 Å². The van der Waals surface area contributed by atoms with Crippen molar-refractivity contribution in [2.24, 2.45) is 0 Å². The summed E-state index contributed by atoms with van der Waals surface area (Å²) in [6.07, 6.45) is 0.208. The summed E-state index contributed by atoms with van der Waals surface area (Å²) in [5.74, 6) is -0.330. The number of imide groups is 1. The zero-order chi connectivity index (χ0) is 15.5. The molecule has 1 heterocycles. The fourth-order valence-corrected chi connectivity index (χ4v) is 2.68. The van der Waals surface area contributed by atoms with Crippen molar-refractivity contribution in [1.29, 1.82) is 0 Å². The molecule has 22 heavy (non-hydrogen) atoms. The van der Waals surface area contributed by atoms with Crippen molar-refractivity contribution in [3.63, 3.8) is 0 Å². The van der Waals surface area contributed by atoms with E-state index in [0.717, 1.165) is 5.56 Å². The smallest absolute Gasteiger partial charge is 0.251 e. The van der Waals surface area contributed by atoms with E-state index in [-0.39, 0.29) is 18.2 Å². The summed E-state index contributed by atoms with van der Waals surface area (Å²) in [7, 11) is 0. The lowest BCUT2D eigenvalue weighted by molar-refractivity contribution is -0.121. The number of carbonyl (C=O) groups is 2. The van der Waals surface area contributed by atoms with Gasteiger partial charge in [0, 0.05) is 6.54 Å². The summed E-state index contributed by atoms with van der Waals surface area (Å²) in [5.41, 5.74) is 2.95. The Labute approximate surface area is 129 Å². The summed E-state index contributed by atoms with van der Waals surface area (Å²) in [6.45, 7) is 2.62.